The smallest absolute Gasteiger partial charge is 0.261 e. The molecule has 1 aromatic heterocycles. The summed E-state index contributed by atoms with van der Waals surface area (Å²) >= 11 is 1.55. The lowest BCUT2D eigenvalue weighted by Gasteiger charge is -2.56. The van der Waals surface area contributed by atoms with E-state index in [9.17, 15) is 4.79 Å². The van der Waals surface area contributed by atoms with Crippen LogP contribution in [0.25, 0.3) is 10.1 Å². The molecule has 5 rings (SSSR count). The average Bonchev–Trinajstić information content (AvgIpc) is 3.05. The summed E-state index contributed by atoms with van der Waals surface area (Å²) < 4.78 is 7.12. The predicted molar refractivity (Wildman–Crippen MR) is 112 cm³/mol. The standard InChI is InChI=1S/C22H30N2O2S/c1-13(2)26-18-14(3)6-7-16-12-17(27-19(16)18)21(25)23-20-15-8-10-24(11-9-15)22(20,4)5/h6-7,12-13,15,20H,8-11H2,1-5H3,(H,23,25). The molecule has 0 radical (unpaired) electrons. The molecule has 1 atom stereocenters. The lowest BCUT2D eigenvalue weighted by Crippen LogP contribution is -2.69. The molecule has 4 nitrogen and oxygen atoms in total. The van der Waals surface area contributed by atoms with Gasteiger partial charge in [0.2, 0.25) is 0 Å². The topological polar surface area (TPSA) is 41.6 Å². The van der Waals surface area contributed by atoms with E-state index in [1.54, 1.807) is 11.3 Å². The van der Waals surface area contributed by atoms with Crippen LogP contribution < -0.4 is 10.1 Å². The number of thiophene rings is 1. The second-order valence-corrected chi connectivity index (χ2v) is 9.89. The first-order chi connectivity index (χ1) is 12.8. The SMILES string of the molecule is Cc1ccc2cc(C(=O)NC3C4CCN(CC4)C3(C)C)sc2c1OC(C)C. The van der Waals surface area contributed by atoms with Gasteiger partial charge in [-0.1, -0.05) is 12.1 Å². The molecule has 1 N–H and O–H groups in total. The van der Waals surface area contributed by atoms with Gasteiger partial charge < -0.3 is 10.1 Å². The first kappa shape index (κ1) is 18.8. The molecule has 27 heavy (non-hydrogen) atoms. The van der Waals surface area contributed by atoms with Crippen molar-refractivity contribution < 1.29 is 9.53 Å². The minimum Gasteiger partial charge on any atom is -0.489 e. The van der Waals surface area contributed by atoms with Crippen molar-refractivity contribution in [2.45, 2.75) is 65.1 Å². The van der Waals surface area contributed by atoms with Crippen LogP contribution in [0.1, 0.15) is 55.8 Å². The highest BCUT2D eigenvalue weighted by molar-refractivity contribution is 7.21. The molecule has 3 aliphatic heterocycles. The summed E-state index contributed by atoms with van der Waals surface area (Å²) in [5.41, 5.74) is 1.14. The molecular formula is C22H30N2O2S. The molecule has 1 aromatic carbocycles. The highest BCUT2D eigenvalue weighted by atomic mass is 32.1. The van der Waals surface area contributed by atoms with Crippen LogP contribution in [0.2, 0.25) is 0 Å². The van der Waals surface area contributed by atoms with Crippen molar-refractivity contribution in [2.75, 3.05) is 13.1 Å². The monoisotopic (exact) mass is 386 g/mol. The lowest BCUT2D eigenvalue weighted by molar-refractivity contribution is -0.0377. The summed E-state index contributed by atoms with van der Waals surface area (Å²) in [5.74, 6) is 1.55. The fourth-order valence-electron chi connectivity index (χ4n) is 4.76. The van der Waals surface area contributed by atoms with Gasteiger partial charge in [0.1, 0.15) is 5.75 Å². The summed E-state index contributed by atoms with van der Waals surface area (Å²) in [6.07, 6.45) is 2.49. The van der Waals surface area contributed by atoms with Gasteiger partial charge in [0.25, 0.3) is 5.91 Å². The predicted octanol–water partition coefficient (Wildman–Crippen LogP) is 4.60. The number of nitrogens with zero attached hydrogens (tertiary/aromatic N) is 1. The summed E-state index contributed by atoms with van der Waals surface area (Å²) in [7, 11) is 0. The number of hydrogen-bond donors (Lipinski definition) is 1. The Kier molecular flexibility index (Phi) is 4.71. The van der Waals surface area contributed by atoms with Gasteiger partial charge in [-0.05, 0) is 83.5 Å². The minimum absolute atomic E-state index is 0.0238. The van der Waals surface area contributed by atoms with Crippen LogP contribution in [0, 0.1) is 12.8 Å². The van der Waals surface area contributed by atoms with Crippen LogP contribution in [0.3, 0.4) is 0 Å². The van der Waals surface area contributed by atoms with Crippen LogP contribution in [-0.2, 0) is 0 Å². The summed E-state index contributed by atoms with van der Waals surface area (Å²) in [5, 5.41) is 4.46. The zero-order chi connectivity index (χ0) is 19.3. The molecule has 0 aliphatic carbocycles. The van der Waals surface area contributed by atoms with E-state index in [4.69, 9.17) is 4.74 Å². The van der Waals surface area contributed by atoms with E-state index in [0.717, 1.165) is 39.4 Å². The minimum atomic E-state index is 0.0238. The third kappa shape index (κ3) is 3.25. The zero-order valence-electron chi connectivity index (χ0n) is 17.0. The Morgan fingerprint density at radius 3 is 2.63 bits per heavy atom. The van der Waals surface area contributed by atoms with Gasteiger partial charge >= 0.3 is 0 Å². The van der Waals surface area contributed by atoms with Crippen LogP contribution in [0.15, 0.2) is 18.2 Å². The van der Waals surface area contributed by atoms with E-state index in [-0.39, 0.29) is 23.6 Å². The third-order valence-electron chi connectivity index (χ3n) is 6.29. The highest BCUT2D eigenvalue weighted by Crippen LogP contribution is 2.40. The Morgan fingerprint density at radius 2 is 2.00 bits per heavy atom. The summed E-state index contributed by atoms with van der Waals surface area (Å²) in [6, 6.07) is 6.38. The fraction of sp³-hybridized carbons (Fsp3) is 0.591. The van der Waals surface area contributed by atoms with E-state index in [2.05, 4.69) is 43.1 Å². The van der Waals surface area contributed by atoms with Crippen molar-refractivity contribution in [1.82, 2.24) is 10.2 Å². The molecule has 1 amide bonds. The van der Waals surface area contributed by atoms with E-state index in [1.165, 1.54) is 12.8 Å². The first-order valence-electron chi connectivity index (χ1n) is 10.0. The Hall–Kier alpha value is -1.59. The van der Waals surface area contributed by atoms with Crippen molar-refractivity contribution in [3.63, 3.8) is 0 Å². The number of hydrogen-bond acceptors (Lipinski definition) is 4. The third-order valence-corrected chi connectivity index (χ3v) is 7.44. The molecule has 0 spiro atoms. The number of amides is 1. The number of nitrogens with one attached hydrogen (secondary N) is 1. The molecule has 3 aliphatic rings. The zero-order valence-corrected chi connectivity index (χ0v) is 17.8. The van der Waals surface area contributed by atoms with Gasteiger partial charge in [-0.15, -0.1) is 11.3 Å². The fourth-order valence-corrected chi connectivity index (χ4v) is 5.86. The maximum absolute atomic E-state index is 13.1. The molecule has 2 aromatic rings. The van der Waals surface area contributed by atoms with Gasteiger partial charge in [-0.2, -0.15) is 0 Å². The number of aryl methyl sites for hydroxylation is 1. The van der Waals surface area contributed by atoms with Crippen LogP contribution >= 0.6 is 11.3 Å². The molecule has 3 saturated heterocycles. The van der Waals surface area contributed by atoms with Crippen LogP contribution in [-0.4, -0.2) is 41.6 Å². The van der Waals surface area contributed by atoms with E-state index in [0.29, 0.717) is 5.92 Å². The molecule has 4 heterocycles. The second-order valence-electron chi connectivity index (χ2n) is 8.84. The molecule has 5 heteroatoms. The van der Waals surface area contributed by atoms with E-state index >= 15 is 0 Å². The normalized spacial score (nSPS) is 26.5. The molecule has 1 unspecified atom stereocenters. The number of carbonyl (C=O) groups excluding carboxylic acids is 1. The van der Waals surface area contributed by atoms with Crippen LogP contribution in [0.4, 0.5) is 0 Å². The van der Waals surface area contributed by atoms with Crippen molar-refractivity contribution in [3.8, 4) is 5.75 Å². The summed E-state index contributed by atoms with van der Waals surface area (Å²) in [6.45, 7) is 13.0. The number of piperidine rings is 3. The van der Waals surface area contributed by atoms with Gasteiger partial charge in [-0.3, -0.25) is 9.69 Å². The molecule has 2 bridgehead atoms. The van der Waals surface area contributed by atoms with E-state index < -0.39 is 0 Å². The molecule has 3 fully saturated rings. The van der Waals surface area contributed by atoms with Crippen LogP contribution in [0.5, 0.6) is 5.75 Å². The Balaban J connectivity index is 1.62. The van der Waals surface area contributed by atoms with Gasteiger partial charge in [-0.25, -0.2) is 0 Å². The Labute approximate surface area is 165 Å². The maximum Gasteiger partial charge on any atom is 0.261 e. The number of carbonyl (C=O) groups is 1. The number of rotatable bonds is 4. The van der Waals surface area contributed by atoms with Crippen molar-refractivity contribution in [1.29, 1.82) is 0 Å². The lowest BCUT2D eigenvalue weighted by atomic mass is 9.72. The second kappa shape index (κ2) is 6.78. The van der Waals surface area contributed by atoms with Gasteiger partial charge in [0, 0.05) is 11.6 Å². The Bertz CT molecular complexity index is 863. The van der Waals surface area contributed by atoms with Crippen molar-refractivity contribution in [2.24, 2.45) is 5.92 Å². The number of fused-ring (bicyclic) bond motifs is 4. The maximum atomic E-state index is 13.1. The Morgan fingerprint density at radius 1 is 1.30 bits per heavy atom. The van der Waals surface area contributed by atoms with Gasteiger partial charge in [0.05, 0.1) is 15.7 Å². The van der Waals surface area contributed by atoms with Crippen molar-refractivity contribution in [3.05, 3.63) is 28.6 Å². The molecule has 0 saturated carbocycles. The van der Waals surface area contributed by atoms with E-state index in [1.807, 2.05) is 19.9 Å². The number of ether oxygens (including phenoxy) is 1. The molecular weight excluding hydrogens is 356 g/mol. The average molecular weight is 387 g/mol. The van der Waals surface area contributed by atoms with Crippen molar-refractivity contribution >= 4 is 27.3 Å². The van der Waals surface area contributed by atoms with Gasteiger partial charge in [0.15, 0.2) is 0 Å². The summed E-state index contributed by atoms with van der Waals surface area (Å²) in [4.78, 5) is 16.4. The molecule has 146 valence electrons. The number of benzene rings is 1. The quantitative estimate of drug-likeness (QED) is 0.835. The first-order valence-corrected chi connectivity index (χ1v) is 10.8. The largest absolute Gasteiger partial charge is 0.489 e. The highest BCUT2D eigenvalue weighted by Gasteiger charge is 2.48.